The first-order chi connectivity index (χ1) is 11.0. The lowest BCUT2D eigenvalue weighted by molar-refractivity contribution is 0.668. The Morgan fingerprint density at radius 3 is 2.52 bits per heavy atom. The number of pyridine rings is 1. The third-order valence-electron chi connectivity index (χ3n) is 4.30. The smallest absolute Gasteiger partial charge is 0.161 e. The Hall–Kier alpha value is -2.39. The molecule has 0 spiro atoms. The normalized spacial score (nSPS) is 12.1. The molecule has 23 heavy (non-hydrogen) atoms. The standard InChI is InChI=1S/C20H19NOSi/c1-23(2,3)15-8-6-7-14(13-15)19-20-17(11-12-21-19)16-9-4-5-10-18(16)22-20/h4-13H,1-3H3. The maximum absolute atomic E-state index is 6.11. The minimum atomic E-state index is -1.36. The molecule has 0 fully saturated rings. The minimum absolute atomic E-state index is 0.876. The van der Waals surface area contributed by atoms with Gasteiger partial charge in [-0.25, -0.2) is 0 Å². The molecule has 0 saturated heterocycles. The van der Waals surface area contributed by atoms with Crippen molar-refractivity contribution in [3.05, 3.63) is 60.8 Å². The van der Waals surface area contributed by atoms with Crippen LogP contribution in [0.1, 0.15) is 0 Å². The van der Waals surface area contributed by atoms with Crippen LogP contribution in [0.5, 0.6) is 0 Å². The third-order valence-corrected chi connectivity index (χ3v) is 6.34. The van der Waals surface area contributed by atoms with E-state index in [1.54, 1.807) is 0 Å². The molecule has 0 unspecified atom stereocenters. The Morgan fingerprint density at radius 2 is 1.70 bits per heavy atom. The van der Waals surface area contributed by atoms with Gasteiger partial charge in [0.15, 0.2) is 5.58 Å². The Kier molecular flexibility index (Phi) is 3.13. The van der Waals surface area contributed by atoms with E-state index in [1.807, 2.05) is 30.5 Å². The fourth-order valence-electron chi connectivity index (χ4n) is 2.99. The van der Waals surface area contributed by atoms with E-state index in [2.05, 4.69) is 55.0 Å². The number of benzene rings is 2. The summed E-state index contributed by atoms with van der Waals surface area (Å²) in [5.41, 5.74) is 3.85. The number of para-hydroxylation sites is 1. The minimum Gasteiger partial charge on any atom is -0.454 e. The second-order valence-electron chi connectivity index (χ2n) is 6.97. The molecular weight excluding hydrogens is 298 g/mol. The Bertz CT molecular complexity index is 1010. The summed E-state index contributed by atoms with van der Waals surface area (Å²) in [6.07, 6.45) is 1.88. The maximum atomic E-state index is 6.11. The van der Waals surface area contributed by atoms with Gasteiger partial charge in [0, 0.05) is 22.5 Å². The topological polar surface area (TPSA) is 26.0 Å². The van der Waals surface area contributed by atoms with Gasteiger partial charge in [0.25, 0.3) is 0 Å². The molecule has 0 amide bonds. The lowest BCUT2D eigenvalue weighted by Gasteiger charge is -2.17. The number of aromatic nitrogens is 1. The van der Waals surface area contributed by atoms with E-state index in [1.165, 1.54) is 5.19 Å². The summed E-state index contributed by atoms with van der Waals surface area (Å²) >= 11 is 0. The average Bonchev–Trinajstić information content (AvgIpc) is 2.93. The van der Waals surface area contributed by atoms with Crippen molar-refractivity contribution in [2.45, 2.75) is 19.6 Å². The summed E-state index contributed by atoms with van der Waals surface area (Å²) in [5, 5.41) is 3.71. The van der Waals surface area contributed by atoms with E-state index in [4.69, 9.17) is 4.42 Å². The van der Waals surface area contributed by atoms with Crippen LogP contribution in [0.3, 0.4) is 0 Å². The molecule has 0 aliphatic rings. The SMILES string of the molecule is C[Si](C)(C)c1cccc(-c2nccc3c2oc2ccccc23)c1. The first-order valence-corrected chi connectivity index (χ1v) is 11.4. The highest BCUT2D eigenvalue weighted by molar-refractivity contribution is 6.88. The van der Waals surface area contributed by atoms with Crippen molar-refractivity contribution in [1.82, 2.24) is 4.98 Å². The molecule has 3 heteroatoms. The van der Waals surface area contributed by atoms with Crippen LogP contribution in [-0.4, -0.2) is 13.1 Å². The maximum Gasteiger partial charge on any atom is 0.161 e. The number of fused-ring (bicyclic) bond motifs is 3. The van der Waals surface area contributed by atoms with Gasteiger partial charge in [-0.05, 0) is 12.1 Å². The Morgan fingerprint density at radius 1 is 0.870 bits per heavy atom. The van der Waals surface area contributed by atoms with Crippen LogP contribution in [0.15, 0.2) is 65.2 Å². The zero-order chi connectivity index (χ0) is 16.0. The fourth-order valence-corrected chi connectivity index (χ4v) is 4.18. The number of furan rings is 1. The molecule has 2 nitrogen and oxygen atoms in total. The molecule has 2 heterocycles. The van der Waals surface area contributed by atoms with Gasteiger partial charge < -0.3 is 4.42 Å². The van der Waals surface area contributed by atoms with E-state index in [0.717, 1.165) is 33.2 Å². The van der Waals surface area contributed by atoms with Crippen LogP contribution in [0.2, 0.25) is 19.6 Å². The second kappa shape index (κ2) is 5.07. The summed E-state index contributed by atoms with van der Waals surface area (Å²) in [5.74, 6) is 0. The molecule has 2 aromatic carbocycles. The van der Waals surface area contributed by atoms with E-state index in [-0.39, 0.29) is 0 Å². The second-order valence-corrected chi connectivity index (χ2v) is 12.0. The number of nitrogens with zero attached hydrogens (tertiary/aromatic N) is 1. The van der Waals surface area contributed by atoms with Crippen molar-refractivity contribution in [2.75, 3.05) is 0 Å². The van der Waals surface area contributed by atoms with Crippen LogP contribution in [0.4, 0.5) is 0 Å². The van der Waals surface area contributed by atoms with Gasteiger partial charge in [-0.2, -0.15) is 0 Å². The van der Waals surface area contributed by atoms with Gasteiger partial charge in [-0.3, -0.25) is 4.98 Å². The molecule has 0 saturated carbocycles. The van der Waals surface area contributed by atoms with E-state index in [9.17, 15) is 0 Å². The molecule has 0 radical (unpaired) electrons. The van der Waals surface area contributed by atoms with Gasteiger partial charge in [-0.1, -0.05) is 67.3 Å². The fraction of sp³-hybridized carbons (Fsp3) is 0.150. The predicted molar refractivity (Wildman–Crippen MR) is 99.9 cm³/mol. The monoisotopic (exact) mass is 317 g/mol. The summed E-state index contributed by atoms with van der Waals surface area (Å²) in [6.45, 7) is 7.09. The summed E-state index contributed by atoms with van der Waals surface area (Å²) in [7, 11) is -1.36. The quantitative estimate of drug-likeness (QED) is 0.475. The summed E-state index contributed by atoms with van der Waals surface area (Å²) in [6, 6.07) is 19.0. The molecule has 0 aliphatic carbocycles. The number of hydrogen-bond donors (Lipinski definition) is 0. The third kappa shape index (κ3) is 2.37. The highest BCUT2D eigenvalue weighted by Crippen LogP contribution is 2.33. The highest BCUT2D eigenvalue weighted by atomic mass is 28.3. The predicted octanol–water partition coefficient (Wildman–Crippen LogP) is 5.19. The van der Waals surface area contributed by atoms with Crippen molar-refractivity contribution in [3.63, 3.8) is 0 Å². The van der Waals surface area contributed by atoms with Crippen LogP contribution in [0, 0.1) is 0 Å². The van der Waals surface area contributed by atoms with Crippen molar-refractivity contribution in [1.29, 1.82) is 0 Å². The van der Waals surface area contributed by atoms with E-state index < -0.39 is 8.07 Å². The average molecular weight is 317 g/mol. The molecule has 0 bridgehead atoms. The van der Waals surface area contributed by atoms with Crippen LogP contribution < -0.4 is 5.19 Å². The summed E-state index contributed by atoms with van der Waals surface area (Å²) in [4.78, 5) is 4.62. The molecule has 4 rings (SSSR count). The lowest BCUT2D eigenvalue weighted by Crippen LogP contribution is -2.37. The molecule has 2 aromatic heterocycles. The molecule has 4 aromatic rings. The van der Waals surface area contributed by atoms with Gasteiger partial charge in [0.1, 0.15) is 11.3 Å². The molecule has 0 atom stereocenters. The number of rotatable bonds is 2. The van der Waals surface area contributed by atoms with Gasteiger partial charge in [0.2, 0.25) is 0 Å². The first kappa shape index (κ1) is 14.2. The van der Waals surface area contributed by atoms with Gasteiger partial charge in [0.05, 0.1) is 8.07 Å². The lowest BCUT2D eigenvalue weighted by atomic mass is 10.1. The molecule has 114 valence electrons. The summed E-state index contributed by atoms with van der Waals surface area (Å²) < 4.78 is 6.11. The highest BCUT2D eigenvalue weighted by Gasteiger charge is 2.18. The van der Waals surface area contributed by atoms with Gasteiger partial charge >= 0.3 is 0 Å². The Labute approximate surface area is 136 Å². The van der Waals surface area contributed by atoms with Crippen molar-refractivity contribution in [2.24, 2.45) is 0 Å². The van der Waals surface area contributed by atoms with Gasteiger partial charge in [-0.15, -0.1) is 0 Å². The van der Waals surface area contributed by atoms with Crippen molar-refractivity contribution in [3.8, 4) is 11.3 Å². The molecular formula is C20H19NOSi. The van der Waals surface area contributed by atoms with Crippen LogP contribution >= 0.6 is 0 Å². The zero-order valence-electron chi connectivity index (χ0n) is 13.6. The van der Waals surface area contributed by atoms with Crippen LogP contribution in [-0.2, 0) is 0 Å². The molecule has 0 N–H and O–H groups in total. The zero-order valence-corrected chi connectivity index (χ0v) is 14.6. The molecule has 0 aliphatic heterocycles. The van der Waals surface area contributed by atoms with E-state index in [0.29, 0.717) is 0 Å². The number of hydrogen-bond acceptors (Lipinski definition) is 2. The van der Waals surface area contributed by atoms with Crippen molar-refractivity contribution >= 4 is 35.2 Å². The largest absolute Gasteiger partial charge is 0.454 e. The van der Waals surface area contributed by atoms with E-state index >= 15 is 0 Å². The Balaban J connectivity index is 1.99. The van der Waals surface area contributed by atoms with Crippen molar-refractivity contribution < 1.29 is 4.42 Å². The first-order valence-electron chi connectivity index (χ1n) is 7.91. The van der Waals surface area contributed by atoms with Crippen LogP contribution in [0.25, 0.3) is 33.2 Å².